The second-order valence-corrected chi connectivity index (χ2v) is 26.9. The molecular formula is C68H77ClN2S. The number of nitrogens with zero attached hydrogens (tertiary/aromatic N) is 2. The highest BCUT2D eigenvalue weighted by molar-refractivity contribution is 7.17. The van der Waals surface area contributed by atoms with E-state index >= 15 is 0 Å². The monoisotopic (exact) mass is 989 g/mol. The molecule has 8 aromatic rings. The van der Waals surface area contributed by atoms with Crippen molar-refractivity contribution in [3.8, 4) is 22.3 Å². The third-order valence-corrected chi connectivity index (χ3v) is 16.3. The van der Waals surface area contributed by atoms with E-state index in [1.54, 1.807) is 11.3 Å². The van der Waals surface area contributed by atoms with E-state index in [1.165, 1.54) is 84.1 Å². The molecule has 0 N–H and O–H groups in total. The lowest BCUT2D eigenvalue weighted by atomic mass is 9.79. The molecule has 0 aliphatic heterocycles. The van der Waals surface area contributed by atoms with Crippen LogP contribution >= 0.6 is 22.9 Å². The summed E-state index contributed by atoms with van der Waals surface area (Å²) in [5.74, 6) is 0. The number of benzene rings is 7. The Morgan fingerprint density at radius 3 is 1.57 bits per heavy atom. The molecule has 1 aliphatic rings. The van der Waals surface area contributed by atoms with Crippen LogP contribution in [-0.4, -0.2) is 0 Å². The van der Waals surface area contributed by atoms with Crippen molar-refractivity contribution < 1.29 is 0 Å². The third kappa shape index (κ3) is 10.3. The molecule has 0 saturated heterocycles. The molecule has 0 saturated carbocycles. The number of hydrogen-bond donors (Lipinski definition) is 0. The molecule has 1 aliphatic carbocycles. The maximum Gasteiger partial charge on any atom is 0.0887 e. The molecule has 72 heavy (non-hydrogen) atoms. The van der Waals surface area contributed by atoms with Gasteiger partial charge in [0.15, 0.2) is 0 Å². The third-order valence-electron chi connectivity index (χ3n) is 15.0. The Labute approximate surface area is 442 Å². The normalized spacial score (nSPS) is 13.6. The first-order valence-electron chi connectivity index (χ1n) is 26.3. The van der Waals surface area contributed by atoms with Crippen molar-refractivity contribution in [1.29, 1.82) is 0 Å². The summed E-state index contributed by atoms with van der Waals surface area (Å²) in [7, 11) is 0. The summed E-state index contributed by atoms with van der Waals surface area (Å²) in [6, 6.07) is 53.3. The van der Waals surface area contributed by atoms with Crippen molar-refractivity contribution >= 4 is 67.1 Å². The average Bonchev–Trinajstić information content (AvgIpc) is 3.74. The van der Waals surface area contributed by atoms with Gasteiger partial charge in [-0.3, -0.25) is 0 Å². The fourth-order valence-electron chi connectivity index (χ4n) is 10.4. The first kappa shape index (κ1) is 51.3. The van der Waals surface area contributed by atoms with Gasteiger partial charge in [0.1, 0.15) is 0 Å². The van der Waals surface area contributed by atoms with Crippen molar-refractivity contribution in [1.82, 2.24) is 0 Å². The number of fused-ring (bicyclic) bond motifs is 2. The van der Waals surface area contributed by atoms with Gasteiger partial charge in [-0.2, -0.15) is 0 Å². The lowest BCUT2D eigenvalue weighted by Gasteiger charge is -2.33. The SMILES string of the molecule is CC(C)(C)c1ccc(N(c2ccc(C(C)(C)C)cc2-c2cccc3c2CCCC3)c2cccc(N(c3cccc(-c4cc(C(C)(C)C)cc(C(C)(C)C)c4)c3)c3csc4ccc(C(C)(C)C)cc34)c2Cl)cc1. The van der Waals surface area contributed by atoms with Gasteiger partial charge in [0.2, 0.25) is 0 Å². The molecule has 0 fully saturated rings. The van der Waals surface area contributed by atoms with Crippen LogP contribution in [0.5, 0.6) is 0 Å². The van der Waals surface area contributed by atoms with Crippen LogP contribution in [0.2, 0.25) is 5.02 Å². The molecule has 0 radical (unpaired) electrons. The van der Waals surface area contributed by atoms with E-state index < -0.39 is 0 Å². The van der Waals surface area contributed by atoms with Crippen molar-refractivity contribution in [2.75, 3.05) is 9.80 Å². The fraction of sp³-hybridized carbons (Fsp3) is 0.353. The van der Waals surface area contributed by atoms with E-state index in [0.717, 1.165) is 47.0 Å². The van der Waals surface area contributed by atoms with Crippen LogP contribution in [0.3, 0.4) is 0 Å². The summed E-state index contributed by atoms with van der Waals surface area (Å²) in [4.78, 5) is 4.86. The van der Waals surface area contributed by atoms with Crippen LogP contribution < -0.4 is 9.80 Å². The Kier molecular flexibility index (Phi) is 13.6. The molecular weight excluding hydrogens is 912 g/mol. The fourth-order valence-corrected chi connectivity index (χ4v) is 11.6. The van der Waals surface area contributed by atoms with Gasteiger partial charge in [0.25, 0.3) is 0 Å². The molecule has 372 valence electrons. The minimum absolute atomic E-state index is 0.00286. The molecule has 1 aromatic heterocycles. The summed E-state index contributed by atoms with van der Waals surface area (Å²) in [5, 5.41) is 4.22. The van der Waals surface area contributed by atoms with Crippen LogP contribution in [0.1, 0.15) is 156 Å². The molecule has 9 rings (SSSR count). The molecule has 0 spiro atoms. The van der Waals surface area contributed by atoms with Crippen LogP contribution in [0.15, 0.2) is 145 Å². The summed E-state index contributed by atoms with van der Waals surface area (Å²) in [6.07, 6.45) is 4.64. The summed E-state index contributed by atoms with van der Waals surface area (Å²) in [6.45, 7) is 34.6. The highest BCUT2D eigenvalue weighted by atomic mass is 35.5. The van der Waals surface area contributed by atoms with Crippen LogP contribution in [0.4, 0.5) is 34.1 Å². The molecule has 0 amide bonds. The van der Waals surface area contributed by atoms with Gasteiger partial charge in [-0.1, -0.05) is 194 Å². The predicted octanol–water partition coefficient (Wildman–Crippen LogP) is 21.2. The van der Waals surface area contributed by atoms with Gasteiger partial charge in [-0.25, -0.2) is 0 Å². The first-order valence-corrected chi connectivity index (χ1v) is 27.6. The lowest BCUT2D eigenvalue weighted by Crippen LogP contribution is -2.17. The molecule has 2 nitrogen and oxygen atoms in total. The summed E-state index contributed by atoms with van der Waals surface area (Å²) >= 11 is 10.1. The highest BCUT2D eigenvalue weighted by Crippen LogP contribution is 2.52. The number of thiophene rings is 1. The number of aryl methyl sites for hydroxylation is 1. The molecule has 0 unspecified atom stereocenters. The molecule has 0 atom stereocenters. The Hall–Kier alpha value is -5.61. The Morgan fingerprint density at radius 1 is 0.403 bits per heavy atom. The molecule has 7 aromatic carbocycles. The zero-order valence-corrected chi connectivity index (χ0v) is 47.4. The summed E-state index contributed by atoms with van der Waals surface area (Å²) in [5.41, 5.74) is 20.6. The maximum absolute atomic E-state index is 8.26. The Balaban J connectivity index is 1.32. The van der Waals surface area contributed by atoms with Gasteiger partial charge >= 0.3 is 0 Å². The van der Waals surface area contributed by atoms with Gasteiger partial charge < -0.3 is 9.80 Å². The predicted molar refractivity (Wildman–Crippen MR) is 317 cm³/mol. The average molecular weight is 990 g/mol. The Morgan fingerprint density at radius 2 is 0.944 bits per heavy atom. The van der Waals surface area contributed by atoms with Crippen molar-refractivity contribution in [3.63, 3.8) is 0 Å². The van der Waals surface area contributed by atoms with Gasteiger partial charge in [-0.05, 0) is 169 Å². The Bertz CT molecular complexity index is 3250. The quantitative estimate of drug-likeness (QED) is 0.150. The highest BCUT2D eigenvalue weighted by Gasteiger charge is 2.30. The number of anilines is 6. The largest absolute Gasteiger partial charge is 0.308 e. The van der Waals surface area contributed by atoms with E-state index in [9.17, 15) is 0 Å². The van der Waals surface area contributed by atoms with Crippen LogP contribution in [0.25, 0.3) is 32.3 Å². The molecule has 4 heteroatoms. The van der Waals surface area contributed by atoms with Crippen molar-refractivity contribution in [3.05, 3.63) is 189 Å². The van der Waals surface area contributed by atoms with E-state index in [1.807, 2.05) is 0 Å². The van der Waals surface area contributed by atoms with Crippen LogP contribution in [-0.2, 0) is 39.9 Å². The lowest BCUT2D eigenvalue weighted by molar-refractivity contribution is 0.569. The van der Waals surface area contributed by atoms with Crippen molar-refractivity contribution in [2.24, 2.45) is 0 Å². The van der Waals surface area contributed by atoms with Gasteiger partial charge in [0.05, 0.1) is 27.8 Å². The zero-order chi connectivity index (χ0) is 51.7. The first-order chi connectivity index (χ1) is 33.8. The topological polar surface area (TPSA) is 6.48 Å². The molecule has 0 bridgehead atoms. The number of halogens is 1. The van der Waals surface area contributed by atoms with Crippen molar-refractivity contribution in [2.45, 2.75) is 157 Å². The van der Waals surface area contributed by atoms with Crippen LogP contribution in [0, 0.1) is 0 Å². The number of rotatable bonds is 8. The molecule has 1 heterocycles. The van der Waals surface area contributed by atoms with Gasteiger partial charge in [-0.15, -0.1) is 11.3 Å². The van der Waals surface area contributed by atoms with E-state index in [2.05, 4.69) is 259 Å². The van der Waals surface area contributed by atoms with E-state index in [-0.39, 0.29) is 27.1 Å². The maximum atomic E-state index is 8.26. The smallest absolute Gasteiger partial charge is 0.0887 e. The van der Waals surface area contributed by atoms with E-state index in [0.29, 0.717) is 5.02 Å². The van der Waals surface area contributed by atoms with Gasteiger partial charge in [0, 0.05) is 32.4 Å². The minimum atomic E-state index is -0.0492. The summed E-state index contributed by atoms with van der Waals surface area (Å²) < 4.78 is 1.24. The zero-order valence-electron chi connectivity index (χ0n) is 45.9. The standard InChI is InChI=1S/C68H77ClN2S/c1-64(2,3)47-29-33-52(34-30-47)70(58-35-31-48(65(4,5)6)41-56(58)55-26-19-22-44-21-16-17-25-54(44)55)59-27-20-28-60(63(59)69)71(61-43-72-62-36-32-49(42-57(61)62)66(7,8)9)53-24-18-23-45(39-53)46-37-50(67(10,11)12)40-51(38-46)68(13,14)15/h18-20,22-24,26-43H,16-17,21,25H2,1-15H3. The number of hydrogen-bond acceptors (Lipinski definition) is 3. The second-order valence-electron chi connectivity index (χ2n) is 25.6. The van der Waals surface area contributed by atoms with E-state index in [4.69, 9.17) is 11.6 Å². The minimum Gasteiger partial charge on any atom is -0.308 e. The second kappa shape index (κ2) is 19.0.